The molecule has 27 heavy (non-hydrogen) atoms. The van der Waals surface area contributed by atoms with E-state index in [1.807, 2.05) is 0 Å². The van der Waals surface area contributed by atoms with Gasteiger partial charge in [-0.15, -0.1) is 0 Å². The molecule has 2 amide bonds. The van der Waals surface area contributed by atoms with Crippen molar-refractivity contribution in [3.05, 3.63) is 72.3 Å². The Kier molecular flexibility index (Phi) is 5.36. The summed E-state index contributed by atoms with van der Waals surface area (Å²) in [6, 6.07) is 13.9. The van der Waals surface area contributed by atoms with Gasteiger partial charge < -0.3 is 16.0 Å². The summed E-state index contributed by atoms with van der Waals surface area (Å²) in [7, 11) is 0. The summed E-state index contributed by atoms with van der Waals surface area (Å²) in [5.41, 5.74) is 1.83. The zero-order valence-electron chi connectivity index (χ0n) is 14.4. The van der Waals surface area contributed by atoms with Gasteiger partial charge in [-0.2, -0.15) is 0 Å². The molecular weight excluding hydrogens is 349 g/mol. The summed E-state index contributed by atoms with van der Waals surface area (Å²) in [4.78, 5) is 31.8. The highest BCUT2D eigenvalue weighted by atomic mass is 19.1. The lowest BCUT2D eigenvalue weighted by atomic mass is 10.2. The lowest BCUT2D eigenvalue weighted by molar-refractivity contribution is -0.114. The molecular formula is C19H16FN5O2. The van der Waals surface area contributed by atoms with Crippen LogP contribution in [0.5, 0.6) is 0 Å². The van der Waals surface area contributed by atoms with E-state index < -0.39 is 5.91 Å². The highest BCUT2D eigenvalue weighted by molar-refractivity contribution is 6.03. The third kappa shape index (κ3) is 5.08. The number of nitrogens with zero attached hydrogens (tertiary/aromatic N) is 2. The number of nitrogens with one attached hydrogen (secondary N) is 3. The van der Waals surface area contributed by atoms with Crippen molar-refractivity contribution >= 4 is 34.8 Å². The molecule has 0 aliphatic carbocycles. The number of benzene rings is 2. The highest BCUT2D eigenvalue weighted by Gasteiger charge is 2.10. The number of anilines is 4. The van der Waals surface area contributed by atoms with E-state index in [9.17, 15) is 14.0 Å². The predicted octanol–water partition coefficient (Wildman–Crippen LogP) is 3.57. The molecule has 3 N–H and O–H groups in total. The Morgan fingerprint density at radius 2 is 1.63 bits per heavy atom. The molecule has 0 unspecified atom stereocenters. The van der Waals surface area contributed by atoms with Crippen LogP contribution in [0, 0.1) is 5.82 Å². The molecule has 7 nitrogen and oxygen atoms in total. The SMILES string of the molecule is CC(=O)Nc1cccc(NC(=O)c2ccnc(Nc3ccc(F)cc3)n2)c1. The van der Waals surface area contributed by atoms with Crippen LogP contribution in [-0.2, 0) is 4.79 Å². The molecule has 0 aliphatic heterocycles. The van der Waals surface area contributed by atoms with Crippen molar-refractivity contribution in [2.75, 3.05) is 16.0 Å². The van der Waals surface area contributed by atoms with Crippen molar-refractivity contribution in [2.24, 2.45) is 0 Å². The second-order valence-electron chi connectivity index (χ2n) is 5.61. The maximum atomic E-state index is 13.0. The third-order valence-electron chi connectivity index (χ3n) is 3.43. The smallest absolute Gasteiger partial charge is 0.274 e. The maximum Gasteiger partial charge on any atom is 0.274 e. The summed E-state index contributed by atoms with van der Waals surface area (Å²) in [5, 5.41) is 8.26. The Labute approximate surface area is 154 Å². The second-order valence-corrected chi connectivity index (χ2v) is 5.61. The van der Waals surface area contributed by atoms with E-state index in [1.165, 1.54) is 31.3 Å². The van der Waals surface area contributed by atoms with Crippen molar-refractivity contribution in [3.63, 3.8) is 0 Å². The molecule has 3 aromatic rings. The van der Waals surface area contributed by atoms with Gasteiger partial charge in [-0.3, -0.25) is 9.59 Å². The van der Waals surface area contributed by atoms with Crippen LogP contribution >= 0.6 is 0 Å². The first-order valence-electron chi connectivity index (χ1n) is 8.04. The Morgan fingerprint density at radius 3 is 2.33 bits per heavy atom. The van der Waals surface area contributed by atoms with E-state index in [1.54, 1.807) is 36.4 Å². The van der Waals surface area contributed by atoms with Gasteiger partial charge in [0.25, 0.3) is 5.91 Å². The Balaban J connectivity index is 1.71. The number of carbonyl (C=O) groups is 2. The van der Waals surface area contributed by atoms with Gasteiger partial charge in [0.15, 0.2) is 0 Å². The largest absolute Gasteiger partial charge is 0.326 e. The lowest BCUT2D eigenvalue weighted by Crippen LogP contribution is -2.15. The number of hydrogen-bond acceptors (Lipinski definition) is 5. The van der Waals surface area contributed by atoms with Crippen LogP contribution in [0.25, 0.3) is 0 Å². The van der Waals surface area contributed by atoms with Crippen molar-refractivity contribution in [3.8, 4) is 0 Å². The van der Waals surface area contributed by atoms with Crippen LogP contribution in [0.1, 0.15) is 17.4 Å². The summed E-state index contributed by atoms with van der Waals surface area (Å²) in [5.74, 6) is -0.775. The average molecular weight is 365 g/mol. The average Bonchev–Trinajstić information content (AvgIpc) is 2.64. The van der Waals surface area contributed by atoms with Gasteiger partial charge in [0.1, 0.15) is 11.5 Å². The molecule has 136 valence electrons. The molecule has 0 spiro atoms. The molecule has 3 rings (SSSR count). The van der Waals surface area contributed by atoms with Gasteiger partial charge in [0.2, 0.25) is 11.9 Å². The van der Waals surface area contributed by atoms with Gasteiger partial charge in [-0.05, 0) is 48.5 Å². The summed E-state index contributed by atoms with van der Waals surface area (Å²) < 4.78 is 13.0. The topological polar surface area (TPSA) is 96.0 Å². The van der Waals surface area contributed by atoms with E-state index in [-0.39, 0.29) is 23.4 Å². The first-order valence-corrected chi connectivity index (χ1v) is 8.04. The maximum absolute atomic E-state index is 13.0. The van der Waals surface area contributed by atoms with Gasteiger partial charge in [-0.1, -0.05) is 6.07 Å². The van der Waals surface area contributed by atoms with E-state index in [0.717, 1.165) is 0 Å². The third-order valence-corrected chi connectivity index (χ3v) is 3.43. The summed E-state index contributed by atoms with van der Waals surface area (Å²) in [6.45, 7) is 1.40. The molecule has 0 aliphatic rings. The number of aromatic nitrogens is 2. The van der Waals surface area contributed by atoms with Crippen molar-refractivity contribution in [1.29, 1.82) is 0 Å². The first-order chi connectivity index (χ1) is 13.0. The fraction of sp³-hybridized carbons (Fsp3) is 0.0526. The molecule has 0 fully saturated rings. The van der Waals surface area contributed by atoms with Crippen LogP contribution in [0.15, 0.2) is 60.8 Å². The number of amides is 2. The van der Waals surface area contributed by atoms with E-state index in [0.29, 0.717) is 17.1 Å². The number of carbonyl (C=O) groups excluding carboxylic acids is 2. The zero-order chi connectivity index (χ0) is 19.2. The van der Waals surface area contributed by atoms with Crippen LogP contribution in [0.3, 0.4) is 0 Å². The van der Waals surface area contributed by atoms with E-state index in [2.05, 4.69) is 25.9 Å². The molecule has 0 saturated carbocycles. The van der Waals surface area contributed by atoms with E-state index in [4.69, 9.17) is 0 Å². The van der Waals surface area contributed by atoms with E-state index >= 15 is 0 Å². The van der Waals surface area contributed by atoms with Crippen molar-refractivity contribution in [2.45, 2.75) is 6.92 Å². The lowest BCUT2D eigenvalue weighted by Gasteiger charge is -2.09. The molecule has 2 aromatic carbocycles. The standard InChI is InChI=1S/C19H16FN5O2/c1-12(26)22-15-3-2-4-16(11-15)23-18(27)17-9-10-21-19(25-17)24-14-7-5-13(20)6-8-14/h2-11H,1H3,(H,22,26)(H,23,27)(H,21,24,25). The number of hydrogen-bond donors (Lipinski definition) is 3. The highest BCUT2D eigenvalue weighted by Crippen LogP contribution is 2.17. The molecule has 8 heteroatoms. The summed E-state index contributed by atoms with van der Waals surface area (Å²) in [6.07, 6.45) is 1.45. The van der Waals surface area contributed by atoms with Gasteiger partial charge >= 0.3 is 0 Å². The predicted molar refractivity (Wildman–Crippen MR) is 100 cm³/mol. The first kappa shape index (κ1) is 18.0. The van der Waals surface area contributed by atoms with Crippen LogP contribution in [0.4, 0.5) is 27.4 Å². The minimum atomic E-state index is -0.431. The van der Waals surface area contributed by atoms with Crippen LogP contribution in [0.2, 0.25) is 0 Å². The van der Waals surface area contributed by atoms with Crippen molar-refractivity contribution in [1.82, 2.24) is 9.97 Å². The molecule has 0 atom stereocenters. The molecule has 1 aromatic heterocycles. The fourth-order valence-corrected chi connectivity index (χ4v) is 2.28. The molecule has 0 bridgehead atoms. The van der Waals surface area contributed by atoms with Gasteiger partial charge in [0, 0.05) is 30.2 Å². The van der Waals surface area contributed by atoms with Crippen LogP contribution in [-0.4, -0.2) is 21.8 Å². The monoisotopic (exact) mass is 365 g/mol. The minimum Gasteiger partial charge on any atom is -0.326 e. The Hall–Kier alpha value is -3.81. The van der Waals surface area contributed by atoms with Gasteiger partial charge in [0.05, 0.1) is 0 Å². The van der Waals surface area contributed by atoms with Crippen LogP contribution < -0.4 is 16.0 Å². The number of rotatable bonds is 5. The quantitative estimate of drug-likeness (QED) is 0.642. The molecule has 1 heterocycles. The fourth-order valence-electron chi connectivity index (χ4n) is 2.28. The molecule has 0 radical (unpaired) electrons. The van der Waals surface area contributed by atoms with Gasteiger partial charge in [-0.25, -0.2) is 14.4 Å². The second kappa shape index (κ2) is 8.05. The minimum absolute atomic E-state index is 0.152. The Morgan fingerprint density at radius 1 is 0.926 bits per heavy atom. The Bertz CT molecular complexity index is 976. The zero-order valence-corrected chi connectivity index (χ0v) is 14.4. The van der Waals surface area contributed by atoms with Crippen molar-refractivity contribution < 1.29 is 14.0 Å². The number of halogens is 1. The normalized spacial score (nSPS) is 10.1. The summed E-state index contributed by atoms with van der Waals surface area (Å²) >= 11 is 0. The molecule has 0 saturated heterocycles.